The molecule has 1 aliphatic rings. The van der Waals surface area contributed by atoms with Crippen molar-refractivity contribution in [1.29, 1.82) is 5.41 Å². The summed E-state index contributed by atoms with van der Waals surface area (Å²) in [6.45, 7) is 1.89. The molecule has 1 atom stereocenters. The third-order valence-corrected chi connectivity index (χ3v) is 3.97. The first-order valence-electron chi connectivity index (χ1n) is 8.32. The van der Waals surface area contributed by atoms with Crippen LogP contribution in [-0.2, 0) is 9.59 Å². The smallest absolute Gasteiger partial charge is 0.322 e. The van der Waals surface area contributed by atoms with E-state index in [2.05, 4.69) is 26.5 Å². The van der Waals surface area contributed by atoms with Gasteiger partial charge in [0.05, 0.1) is 18.4 Å². The topological polar surface area (TPSA) is 136 Å². The molecule has 9 heteroatoms. The number of imide groups is 1. The molecule has 1 heterocycles. The SMILES string of the molecule is CCCCC1(CNC(=O)/C(C=N)=N/Nc2ccccc2)NC(=O)NC1=O. The number of nitrogens with zero attached hydrogens (tertiary/aromatic N) is 1. The molecule has 0 bridgehead atoms. The second-order valence-corrected chi connectivity index (χ2v) is 5.90. The molecule has 1 aromatic rings. The van der Waals surface area contributed by atoms with Crippen molar-refractivity contribution in [3.8, 4) is 0 Å². The van der Waals surface area contributed by atoms with Crippen molar-refractivity contribution < 1.29 is 14.4 Å². The van der Waals surface area contributed by atoms with Gasteiger partial charge in [-0.05, 0) is 18.6 Å². The fourth-order valence-electron chi connectivity index (χ4n) is 2.50. The van der Waals surface area contributed by atoms with E-state index in [1.54, 1.807) is 24.3 Å². The summed E-state index contributed by atoms with van der Waals surface area (Å²) >= 11 is 0. The molecule has 0 aromatic heterocycles. The standard InChI is InChI=1S/C17H22N6O3/c1-2-3-9-17(15(25)20-16(26)21-17)11-19-14(24)13(10-18)23-22-12-7-5-4-6-8-12/h4-8,10,18,22H,2-3,9,11H2,1H3,(H,19,24)(H2,20,21,25,26)/b18-10?,23-13+. The monoisotopic (exact) mass is 358 g/mol. The van der Waals surface area contributed by atoms with E-state index in [1.807, 2.05) is 13.0 Å². The first-order valence-corrected chi connectivity index (χ1v) is 8.32. The molecular formula is C17H22N6O3. The Morgan fingerprint density at radius 1 is 1.31 bits per heavy atom. The van der Waals surface area contributed by atoms with E-state index >= 15 is 0 Å². The van der Waals surface area contributed by atoms with Gasteiger partial charge in [0.25, 0.3) is 11.8 Å². The molecule has 5 N–H and O–H groups in total. The highest BCUT2D eigenvalue weighted by atomic mass is 16.2. The van der Waals surface area contributed by atoms with E-state index in [0.717, 1.165) is 12.6 Å². The molecule has 4 amide bonds. The van der Waals surface area contributed by atoms with Gasteiger partial charge < -0.3 is 16.0 Å². The molecular weight excluding hydrogens is 336 g/mol. The molecule has 0 saturated carbocycles. The van der Waals surface area contributed by atoms with Crippen LogP contribution in [0.3, 0.4) is 0 Å². The number of carbonyl (C=O) groups excluding carboxylic acids is 3. The highest BCUT2D eigenvalue weighted by molar-refractivity contribution is 6.60. The fourth-order valence-corrected chi connectivity index (χ4v) is 2.50. The van der Waals surface area contributed by atoms with Crippen LogP contribution in [-0.4, -0.2) is 41.9 Å². The van der Waals surface area contributed by atoms with E-state index in [0.29, 0.717) is 18.5 Å². The first kappa shape index (κ1) is 19.1. The minimum absolute atomic E-state index is 0.0817. The molecule has 1 unspecified atom stereocenters. The number of benzene rings is 1. The van der Waals surface area contributed by atoms with Crippen molar-refractivity contribution in [3.05, 3.63) is 30.3 Å². The third-order valence-electron chi connectivity index (χ3n) is 3.97. The quantitative estimate of drug-likeness (QED) is 0.255. The van der Waals surface area contributed by atoms with Crippen LogP contribution in [0, 0.1) is 5.41 Å². The summed E-state index contributed by atoms with van der Waals surface area (Å²) < 4.78 is 0. The van der Waals surface area contributed by atoms with E-state index in [-0.39, 0.29) is 12.3 Å². The average Bonchev–Trinajstić information content (AvgIpc) is 2.93. The van der Waals surface area contributed by atoms with Crippen LogP contribution < -0.4 is 21.4 Å². The van der Waals surface area contributed by atoms with Crippen LogP contribution in [0.4, 0.5) is 10.5 Å². The Bertz CT molecular complexity index is 718. The van der Waals surface area contributed by atoms with Gasteiger partial charge in [-0.2, -0.15) is 5.10 Å². The normalized spacial score (nSPS) is 19.5. The van der Waals surface area contributed by atoms with Gasteiger partial charge in [0, 0.05) is 0 Å². The number of anilines is 1. The molecule has 138 valence electrons. The Hall–Kier alpha value is -3.23. The van der Waals surface area contributed by atoms with Crippen LogP contribution >= 0.6 is 0 Å². The number of hydrogen-bond acceptors (Lipinski definition) is 6. The molecule has 0 aliphatic carbocycles. The Kier molecular flexibility index (Phi) is 6.42. The highest BCUT2D eigenvalue weighted by Crippen LogP contribution is 2.18. The molecule has 0 spiro atoms. The molecule has 1 aliphatic heterocycles. The highest BCUT2D eigenvalue weighted by Gasteiger charge is 2.45. The minimum atomic E-state index is -1.18. The molecule has 1 aromatic carbocycles. The zero-order chi connectivity index (χ0) is 19.0. The number of carbonyl (C=O) groups is 3. The van der Waals surface area contributed by atoms with Gasteiger partial charge in [0.1, 0.15) is 5.54 Å². The zero-order valence-electron chi connectivity index (χ0n) is 14.5. The second kappa shape index (κ2) is 8.75. The molecule has 2 rings (SSSR count). The lowest BCUT2D eigenvalue weighted by Gasteiger charge is -2.26. The first-order chi connectivity index (χ1) is 12.5. The number of rotatable bonds is 9. The van der Waals surface area contributed by atoms with E-state index < -0.39 is 23.4 Å². The van der Waals surface area contributed by atoms with Crippen LogP contribution in [0.25, 0.3) is 0 Å². The number of unbranched alkanes of at least 4 members (excludes halogenated alkanes) is 1. The zero-order valence-corrected chi connectivity index (χ0v) is 14.5. The molecule has 1 fully saturated rings. The van der Waals surface area contributed by atoms with E-state index in [9.17, 15) is 14.4 Å². The lowest BCUT2D eigenvalue weighted by molar-refractivity contribution is -0.124. The van der Waals surface area contributed by atoms with E-state index in [4.69, 9.17) is 5.41 Å². The second-order valence-electron chi connectivity index (χ2n) is 5.90. The Labute approximate surface area is 151 Å². The predicted octanol–water partition coefficient (Wildman–Crippen LogP) is 0.989. The van der Waals surface area contributed by atoms with Crippen molar-refractivity contribution in [3.63, 3.8) is 0 Å². The summed E-state index contributed by atoms with van der Waals surface area (Å²) in [4.78, 5) is 35.9. The Morgan fingerprint density at radius 3 is 2.62 bits per heavy atom. The molecule has 9 nitrogen and oxygen atoms in total. The summed E-state index contributed by atoms with van der Waals surface area (Å²) in [5, 5.41) is 18.6. The number of urea groups is 1. The van der Waals surface area contributed by atoms with Gasteiger partial charge >= 0.3 is 6.03 Å². The van der Waals surface area contributed by atoms with Gasteiger partial charge in [-0.3, -0.25) is 20.3 Å². The van der Waals surface area contributed by atoms with Crippen LogP contribution in [0.2, 0.25) is 0 Å². The lowest BCUT2D eigenvalue weighted by Crippen LogP contribution is -2.56. The van der Waals surface area contributed by atoms with Crippen LogP contribution in [0.15, 0.2) is 35.4 Å². The van der Waals surface area contributed by atoms with Crippen molar-refractivity contribution in [1.82, 2.24) is 16.0 Å². The van der Waals surface area contributed by atoms with Gasteiger partial charge in [0.2, 0.25) is 0 Å². The summed E-state index contributed by atoms with van der Waals surface area (Å²) in [5.74, 6) is -1.08. The van der Waals surface area contributed by atoms with Gasteiger partial charge in [0.15, 0.2) is 5.71 Å². The summed E-state index contributed by atoms with van der Waals surface area (Å²) in [6, 6.07) is 8.41. The lowest BCUT2D eigenvalue weighted by atomic mass is 9.92. The fraction of sp³-hybridized carbons (Fsp3) is 0.353. The van der Waals surface area contributed by atoms with E-state index in [1.165, 1.54) is 0 Å². The molecule has 1 saturated heterocycles. The van der Waals surface area contributed by atoms with Crippen LogP contribution in [0.1, 0.15) is 26.2 Å². The van der Waals surface area contributed by atoms with Gasteiger partial charge in [-0.15, -0.1) is 0 Å². The maximum atomic E-state index is 12.3. The van der Waals surface area contributed by atoms with Crippen molar-refractivity contribution in [2.75, 3.05) is 12.0 Å². The average molecular weight is 358 g/mol. The number of amides is 4. The maximum Gasteiger partial charge on any atom is 0.322 e. The summed E-state index contributed by atoms with van der Waals surface area (Å²) in [5.41, 5.74) is 2.03. The van der Waals surface area contributed by atoms with Crippen molar-refractivity contribution >= 4 is 35.5 Å². The third kappa shape index (κ3) is 4.65. The number of nitrogens with one attached hydrogen (secondary N) is 5. The predicted molar refractivity (Wildman–Crippen MR) is 98.2 cm³/mol. The van der Waals surface area contributed by atoms with Gasteiger partial charge in [-0.1, -0.05) is 38.0 Å². The largest absolute Gasteiger partial charge is 0.348 e. The van der Waals surface area contributed by atoms with Crippen molar-refractivity contribution in [2.45, 2.75) is 31.7 Å². The maximum absolute atomic E-state index is 12.3. The Morgan fingerprint density at radius 2 is 2.04 bits per heavy atom. The van der Waals surface area contributed by atoms with Crippen LogP contribution in [0.5, 0.6) is 0 Å². The number of hydrogen-bond donors (Lipinski definition) is 5. The summed E-state index contributed by atoms with van der Waals surface area (Å²) in [6.07, 6.45) is 2.77. The number of para-hydroxylation sites is 1. The van der Waals surface area contributed by atoms with Crippen molar-refractivity contribution in [2.24, 2.45) is 5.10 Å². The summed E-state index contributed by atoms with van der Waals surface area (Å²) in [7, 11) is 0. The number of hydrazone groups is 1. The molecule has 26 heavy (non-hydrogen) atoms. The Balaban J connectivity index is 2.02. The molecule has 0 radical (unpaired) electrons. The minimum Gasteiger partial charge on any atom is -0.348 e. The van der Waals surface area contributed by atoms with Gasteiger partial charge in [-0.25, -0.2) is 4.79 Å².